The molecule has 1 unspecified atom stereocenters. The van der Waals surface area contributed by atoms with Crippen molar-refractivity contribution in [2.45, 2.75) is 33.4 Å². The SMILES string of the molecule is CC1=C(C(=O)Nc2cccc(C)c2)C(c2ccc(OCc3cccc(C)c3)cc2)n2ncnc2N1. The van der Waals surface area contributed by atoms with E-state index in [1.54, 1.807) is 4.68 Å². The molecule has 1 amide bonds. The van der Waals surface area contributed by atoms with Crippen LogP contribution < -0.4 is 15.4 Å². The van der Waals surface area contributed by atoms with Crippen LogP contribution in [-0.2, 0) is 11.4 Å². The van der Waals surface area contributed by atoms with Gasteiger partial charge in [0.1, 0.15) is 24.7 Å². The number of rotatable bonds is 6. The summed E-state index contributed by atoms with van der Waals surface area (Å²) in [6, 6.07) is 23.4. The van der Waals surface area contributed by atoms with Crippen molar-refractivity contribution < 1.29 is 9.53 Å². The number of ether oxygens (including phenoxy) is 1. The van der Waals surface area contributed by atoms with Crippen LogP contribution in [0.25, 0.3) is 0 Å². The number of aryl methyl sites for hydroxylation is 2. The molecule has 1 aromatic heterocycles. The molecule has 3 aromatic carbocycles. The maximum atomic E-state index is 13.5. The predicted octanol–water partition coefficient (Wildman–Crippen LogP) is 5.40. The van der Waals surface area contributed by atoms with Crippen LogP contribution in [-0.4, -0.2) is 20.7 Å². The van der Waals surface area contributed by atoms with Crippen LogP contribution in [0.15, 0.2) is 90.4 Å². The fraction of sp³-hybridized carbons (Fsp3) is 0.179. The molecule has 0 aliphatic carbocycles. The zero-order chi connectivity index (χ0) is 24.4. The lowest BCUT2D eigenvalue weighted by molar-refractivity contribution is -0.113. The molecule has 2 N–H and O–H groups in total. The fourth-order valence-electron chi connectivity index (χ4n) is 4.33. The van der Waals surface area contributed by atoms with Gasteiger partial charge < -0.3 is 15.4 Å². The summed E-state index contributed by atoms with van der Waals surface area (Å²) in [5.41, 5.74) is 6.38. The molecular formula is C28H27N5O2. The minimum Gasteiger partial charge on any atom is -0.489 e. The summed E-state index contributed by atoms with van der Waals surface area (Å²) in [6.45, 7) is 6.44. The Kier molecular flexibility index (Phi) is 6.06. The first-order valence-electron chi connectivity index (χ1n) is 11.5. The molecule has 35 heavy (non-hydrogen) atoms. The van der Waals surface area contributed by atoms with Gasteiger partial charge in [0.15, 0.2) is 0 Å². The monoisotopic (exact) mass is 465 g/mol. The number of amides is 1. The van der Waals surface area contributed by atoms with Gasteiger partial charge in [-0.1, -0.05) is 54.1 Å². The molecule has 1 aliphatic rings. The van der Waals surface area contributed by atoms with Crippen LogP contribution in [0.4, 0.5) is 11.6 Å². The van der Waals surface area contributed by atoms with Gasteiger partial charge in [-0.05, 0) is 61.7 Å². The Labute approximate surface area is 204 Å². The number of hydrogen-bond donors (Lipinski definition) is 2. The van der Waals surface area contributed by atoms with E-state index in [9.17, 15) is 4.79 Å². The highest BCUT2D eigenvalue weighted by atomic mass is 16.5. The summed E-state index contributed by atoms with van der Waals surface area (Å²) in [7, 11) is 0. The normalized spacial score (nSPS) is 14.8. The summed E-state index contributed by atoms with van der Waals surface area (Å²) in [6.07, 6.45) is 1.49. The summed E-state index contributed by atoms with van der Waals surface area (Å²) in [5.74, 6) is 1.17. The van der Waals surface area contributed by atoms with Gasteiger partial charge in [0, 0.05) is 11.4 Å². The second kappa shape index (κ2) is 9.46. The third kappa shape index (κ3) is 4.80. The smallest absolute Gasteiger partial charge is 0.255 e. The number of anilines is 2. The second-order valence-corrected chi connectivity index (χ2v) is 8.76. The van der Waals surface area contributed by atoms with Crippen molar-refractivity contribution in [3.63, 3.8) is 0 Å². The van der Waals surface area contributed by atoms with Crippen molar-refractivity contribution in [3.8, 4) is 5.75 Å². The minimum absolute atomic E-state index is 0.188. The fourth-order valence-corrected chi connectivity index (χ4v) is 4.33. The van der Waals surface area contributed by atoms with Crippen LogP contribution in [0, 0.1) is 13.8 Å². The number of nitrogens with one attached hydrogen (secondary N) is 2. The lowest BCUT2D eigenvalue weighted by Crippen LogP contribution is -2.31. The van der Waals surface area contributed by atoms with Crippen molar-refractivity contribution >= 4 is 17.5 Å². The zero-order valence-electron chi connectivity index (χ0n) is 19.9. The molecule has 0 fully saturated rings. The third-order valence-electron chi connectivity index (χ3n) is 6.00. The molecule has 0 bridgehead atoms. The summed E-state index contributed by atoms with van der Waals surface area (Å²) >= 11 is 0. The average molecular weight is 466 g/mol. The molecular weight excluding hydrogens is 438 g/mol. The van der Waals surface area contributed by atoms with Gasteiger partial charge in [0.05, 0.1) is 5.57 Å². The lowest BCUT2D eigenvalue weighted by atomic mass is 9.95. The summed E-state index contributed by atoms with van der Waals surface area (Å²) in [5, 5.41) is 10.6. The largest absolute Gasteiger partial charge is 0.489 e. The van der Waals surface area contributed by atoms with Crippen LogP contribution in [0.5, 0.6) is 5.75 Å². The van der Waals surface area contributed by atoms with E-state index < -0.39 is 6.04 Å². The third-order valence-corrected chi connectivity index (χ3v) is 6.00. The van der Waals surface area contributed by atoms with Crippen LogP contribution in [0.1, 0.15) is 35.2 Å². The molecule has 7 heteroatoms. The molecule has 1 atom stereocenters. The number of carbonyl (C=O) groups excluding carboxylic acids is 1. The Hall–Kier alpha value is -4.39. The Morgan fingerprint density at radius 2 is 1.74 bits per heavy atom. The number of allylic oxidation sites excluding steroid dienone is 1. The summed E-state index contributed by atoms with van der Waals surface area (Å²) < 4.78 is 7.73. The molecule has 0 saturated carbocycles. The lowest BCUT2D eigenvalue weighted by Gasteiger charge is -2.29. The van der Waals surface area contributed by atoms with Crippen molar-refractivity contribution in [2.75, 3.05) is 10.6 Å². The van der Waals surface area contributed by atoms with E-state index in [2.05, 4.69) is 45.8 Å². The minimum atomic E-state index is -0.426. The quantitative estimate of drug-likeness (QED) is 0.398. The number of hydrogen-bond acceptors (Lipinski definition) is 5. The van der Waals surface area contributed by atoms with E-state index in [-0.39, 0.29) is 5.91 Å². The van der Waals surface area contributed by atoms with Crippen LogP contribution in [0.2, 0.25) is 0 Å². The van der Waals surface area contributed by atoms with E-state index in [1.807, 2.05) is 68.4 Å². The number of carbonyl (C=O) groups is 1. The van der Waals surface area contributed by atoms with Crippen LogP contribution in [0.3, 0.4) is 0 Å². The van der Waals surface area contributed by atoms with Crippen molar-refractivity contribution in [3.05, 3.63) is 113 Å². The first kappa shape index (κ1) is 22.4. The molecule has 0 radical (unpaired) electrons. The molecule has 7 nitrogen and oxygen atoms in total. The maximum Gasteiger partial charge on any atom is 0.255 e. The number of aromatic nitrogens is 3. The predicted molar refractivity (Wildman–Crippen MR) is 136 cm³/mol. The second-order valence-electron chi connectivity index (χ2n) is 8.76. The molecule has 2 heterocycles. The Morgan fingerprint density at radius 3 is 2.49 bits per heavy atom. The summed E-state index contributed by atoms with van der Waals surface area (Å²) in [4.78, 5) is 17.8. The Morgan fingerprint density at radius 1 is 1.00 bits per heavy atom. The topological polar surface area (TPSA) is 81.1 Å². The van der Waals surface area contributed by atoms with Gasteiger partial charge in [0.25, 0.3) is 5.91 Å². The van der Waals surface area contributed by atoms with E-state index in [0.717, 1.165) is 33.8 Å². The molecule has 4 aromatic rings. The molecule has 0 spiro atoms. The van der Waals surface area contributed by atoms with Gasteiger partial charge in [-0.15, -0.1) is 0 Å². The van der Waals surface area contributed by atoms with Gasteiger partial charge in [-0.25, -0.2) is 4.68 Å². The van der Waals surface area contributed by atoms with Crippen molar-refractivity contribution in [1.29, 1.82) is 0 Å². The molecule has 0 saturated heterocycles. The molecule has 1 aliphatic heterocycles. The number of benzene rings is 3. The van der Waals surface area contributed by atoms with E-state index in [1.165, 1.54) is 11.9 Å². The first-order chi connectivity index (χ1) is 17.0. The van der Waals surface area contributed by atoms with Crippen molar-refractivity contribution in [2.24, 2.45) is 0 Å². The highest BCUT2D eigenvalue weighted by Crippen LogP contribution is 2.35. The Bertz CT molecular complexity index is 1400. The van der Waals surface area contributed by atoms with E-state index in [4.69, 9.17) is 4.74 Å². The molecule has 5 rings (SSSR count). The van der Waals surface area contributed by atoms with E-state index >= 15 is 0 Å². The highest BCUT2D eigenvalue weighted by molar-refractivity contribution is 6.06. The zero-order valence-corrected chi connectivity index (χ0v) is 19.9. The first-order valence-corrected chi connectivity index (χ1v) is 11.5. The average Bonchev–Trinajstić information content (AvgIpc) is 3.30. The van der Waals surface area contributed by atoms with Gasteiger partial charge >= 0.3 is 0 Å². The number of fused-ring (bicyclic) bond motifs is 1. The van der Waals surface area contributed by atoms with Crippen LogP contribution >= 0.6 is 0 Å². The highest BCUT2D eigenvalue weighted by Gasteiger charge is 2.33. The van der Waals surface area contributed by atoms with Gasteiger partial charge in [-0.3, -0.25) is 4.79 Å². The number of nitrogens with zero attached hydrogens (tertiary/aromatic N) is 3. The Balaban J connectivity index is 1.41. The maximum absolute atomic E-state index is 13.5. The van der Waals surface area contributed by atoms with Crippen molar-refractivity contribution in [1.82, 2.24) is 14.8 Å². The van der Waals surface area contributed by atoms with Gasteiger partial charge in [-0.2, -0.15) is 10.1 Å². The van der Waals surface area contributed by atoms with Gasteiger partial charge in [0.2, 0.25) is 5.95 Å². The van der Waals surface area contributed by atoms with E-state index in [0.29, 0.717) is 18.1 Å². The standard InChI is InChI=1S/C28H27N5O2/c1-18-6-4-8-21(14-18)16-35-24-12-10-22(11-13-24)26-25(20(3)31-28-29-17-30-33(26)28)27(34)32-23-9-5-7-19(2)15-23/h4-15,17,26H,16H2,1-3H3,(H,32,34)(H,29,30,31). The molecule has 176 valence electrons.